The van der Waals surface area contributed by atoms with E-state index >= 15 is 0 Å². The number of anilines is 4. The van der Waals surface area contributed by atoms with Gasteiger partial charge in [-0.15, -0.1) is 0 Å². The number of ether oxygens (including phenoxy) is 3. The predicted octanol–water partition coefficient (Wildman–Crippen LogP) is 7.67. The number of para-hydroxylation sites is 1. The Kier molecular flexibility index (Phi) is 10.9. The summed E-state index contributed by atoms with van der Waals surface area (Å²) in [6, 6.07) is 29.3. The predicted molar refractivity (Wildman–Crippen MR) is 214 cm³/mol. The van der Waals surface area contributed by atoms with Crippen molar-refractivity contribution in [1.29, 1.82) is 0 Å². The van der Waals surface area contributed by atoms with Crippen LogP contribution in [0.2, 0.25) is 0 Å². The fourth-order valence-corrected chi connectivity index (χ4v) is 7.05. The first kappa shape index (κ1) is 35.9. The standard InChI is InChI=1S/C42H51N7O4/c1-42(2,3)53-41(50)49-21-17-30(18-22-49)29-52-38-28-36-34(27-37(38)51-4)39(44-20-19-43-35-16-10-12-31-11-8-9-15-33(31)35)46-40(45-36)48-25-23-47(24-26-48)32-13-6-5-7-14-32/h5-16,27-28,30,43H,17-26,29H2,1-4H3,(H,44,45,46). The van der Waals surface area contributed by atoms with Crippen molar-refractivity contribution in [2.75, 3.05) is 86.5 Å². The Bertz CT molecular complexity index is 2000. The second-order valence-corrected chi connectivity index (χ2v) is 14.8. The average Bonchev–Trinajstić information content (AvgIpc) is 3.18. The van der Waals surface area contributed by atoms with E-state index in [1.54, 1.807) is 12.0 Å². The van der Waals surface area contributed by atoms with Gasteiger partial charge in [0.15, 0.2) is 11.5 Å². The number of fused-ring (bicyclic) bond motifs is 2. The zero-order valence-corrected chi connectivity index (χ0v) is 31.3. The molecule has 53 heavy (non-hydrogen) atoms. The lowest BCUT2D eigenvalue weighted by molar-refractivity contribution is 0.0164. The lowest BCUT2D eigenvalue weighted by atomic mass is 9.98. The summed E-state index contributed by atoms with van der Waals surface area (Å²) < 4.78 is 17.9. The Morgan fingerprint density at radius 2 is 1.47 bits per heavy atom. The van der Waals surface area contributed by atoms with E-state index in [0.29, 0.717) is 56.2 Å². The molecule has 11 heteroatoms. The zero-order chi connectivity index (χ0) is 36.8. The summed E-state index contributed by atoms with van der Waals surface area (Å²) in [6.45, 7) is 12.2. The number of methoxy groups -OCH3 is 1. The van der Waals surface area contributed by atoms with Crippen LogP contribution in [-0.2, 0) is 4.74 Å². The molecule has 7 rings (SSSR count). The average molecular weight is 718 g/mol. The second kappa shape index (κ2) is 16.1. The van der Waals surface area contributed by atoms with Gasteiger partial charge in [-0.2, -0.15) is 4.98 Å². The Morgan fingerprint density at radius 1 is 0.774 bits per heavy atom. The van der Waals surface area contributed by atoms with Gasteiger partial charge in [0.2, 0.25) is 5.95 Å². The van der Waals surface area contributed by atoms with Gasteiger partial charge in [-0.05, 0) is 69.2 Å². The maximum Gasteiger partial charge on any atom is 0.410 e. The molecule has 5 aromatic rings. The molecule has 0 spiro atoms. The molecule has 1 aromatic heterocycles. The molecule has 0 atom stereocenters. The Morgan fingerprint density at radius 3 is 2.23 bits per heavy atom. The van der Waals surface area contributed by atoms with E-state index in [4.69, 9.17) is 24.2 Å². The van der Waals surface area contributed by atoms with Crippen LogP contribution in [0.3, 0.4) is 0 Å². The molecule has 278 valence electrons. The topological polar surface area (TPSA) is 104 Å². The molecule has 2 aliphatic rings. The highest BCUT2D eigenvalue weighted by atomic mass is 16.6. The van der Waals surface area contributed by atoms with Gasteiger partial charge >= 0.3 is 6.09 Å². The first-order valence-electron chi connectivity index (χ1n) is 18.7. The number of amides is 1. The quantitative estimate of drug-likeness (QED) is 0.132. The number of hydrogen-bond acceptors (Lipinski definition) is 10. The molecule has 0 aliphatic carbocycles. The molecule has 0 saturated carbocycles. The summed E-state index contributed by atoms with van der Waals surface area (Å²) in [5, 5.41) is 10.5. The number of nitrogens with one attached hydrogen (secondary N) is 2. The minimum Gasteiger partial charge on any atom is -0.493 e. The molecule has 2 N–H and O–H groups in total. The number of likely N-dealkylation sites (tertiary alicyclic amines) is 1. The largest absolute Gasteiger partial charge is 0.493 e. The number of aromatic nitrogens is 2. The molecule has 0 radical (unpaired) electrons. The smallest absolute Gasteiger partial charge is 0.410 e. The minimum absolute atomic E-state index is 0.251. The van der Waals surface area contributed by atoms with Crippen LogP contribution in [0, 0.1) is 5.92 Å². The fourth-order valence-electron chi connectivity index (χ4n) is 7.05. The van der Waals surface area contributed by atoms with E-state index in [2.05, 4.69) is 93.2 Å². The first-order valence-corrected chi connectivity index (χ1v) is 18.7. The van der Waals surface area contributed by atoms with Gasteiger partial charge in [0.25, 0.3) is 0 Å². The number of hydrogen-bond donors (Lipinski definition) is 2. The lowest BCUT2D eigenvalue weighted by Gasteiger charge is -2.36. The number of rotatable bonds is 11. The van der Waals surface area contributed by atoms with Crippen LogP contribution in [0.1, 0.15) is 33.6 Å². The van der Waals surface area contributed by atoms with Crippen LogP contribution in [0.5, 0.6) is 11.5 Å². The van der Waals surface area contributed by atoms with Gasteiger partial charge in [-0.25, -0.2) is 9.78 Å². The molecule has 4 aromatic carbocycles. The van der Waals surface area contributed by atoms with Crippen molar-refractivity contribution >= 4 is 50.9 Å². The van der Waals surface area contributed by atoms with Crippen LogP contribution in [-0.4, -0.2) is 92.6 Å². The van der Waals surface area contributed by atoms with Crippen molar-refractivity contribution in [2.24, 2.45) is 5.92 Å². The molecule has 1 amide bonds. The van der Waals surface area contributed by atoms with Crippen LogP contribution >= 0.6 is 0 Å². The third-order valence-corrected chi connectivity index (χ3v) is 9.92. The van der Waals surface area contributed by atoms with Crippen molar-refractivity contribution in [3.8, 4) is 11.5 Å². The second-order valence-electron chi connectivity index (χ2n) is 14.8. The van der Waals surface area contributed by atoms with E-state index in [-0.39, 0.29) is 6.09 Å². The van der Waals surface area contributed by atoms with E-state index in [1.807, 2.05) is 32.9 Å². The van der Waals surface area contributed by atoms with Gasteiger partial charge in [0.05, 0.1) is 19.2 Å². The van der Waals surface area contributed by atoms with Gasteiger partial charge in [0.1, 0.15) is 11.4 Å². The van der Waals surface area contributed by atoms with Crippen molar-refractivity contribution in [3.05, 3.63) is 84.9 Å². The van der Waals surface area contributed by atoms with Gasteiger partial charge in [-0.3, -0.25) is 0 Å². The molecular formula is C42H51N7O4. The number of piperazine rings is 1. The van der Waals surface area contributed by atoms with Crippen LogP contribution in [0.15, 0.2) is 84.9 Å². The Hall–Kier alpha value is -5.45. The summed E-state index contributed by atoms with van der Waals surface area (Å²) in [4.78, 5) is 29.3. The normalized spacial score (nSPS) is 15.4. The molecule has 3 heterocycles. The highest BCUT2D eigenvalue weighted by Crippen LogP contribution is 2.36. The Labute approximate surface area is 312 Å². The zero-order valence-electron chi connectivity index (χ0n) is 31.3. The van der Waals surface area contributed by atoms with E-state index in [9.17, 15) is 4.79 Å². The van der Waals surface area contributed by atoms with Crippen molar-refractivity contribution in [2.45, 2.75) is 39.2 Å². The number of carbonyl (C=O) groups is 1. The van der Waals surface area contributed by atoms with E-state index in [0.717, 1.165) is 61.4 Å². The highest BCUT2D eigenvalue weighted by Gasteiger charge is 2.28. The number of benzene rings is 4. The monoisotopic (exact) mass is 717 g/mol. The fraction of sp³-hybridized carbons (Fsp3) is 0.405. The summed E-state index contributed by atoms with van der Waals surface area (Å²) in [5.41, 5.74) is 2.62. The maximum absolute atomic E-state index is 12.6. The number of nitrogens with zero attached hydrogens (tertiary/aromatic N) is 5. The van der Waals surface area contributed by atoms with Crippen LogP contribution < -0.4 is 29.9 Å². The van der Waals surface area contributed by atoms with Crippen molar-refractivity contribution in [1.82, 2.24) is 14.9 Å². The third-order valence-electron chi connectivity index (χ3n) is 9.92. The number of carbonyl (C=O) groups excluding carboxylic acids is 1. The summed E-state index contributed by atoms with van der Waals surface area (Å²) >= 11 is 0. The first-order chi connectivity index (χ1) is 25.7. The third kappa shape index (κ3) is 8.79. The van der Waals surface area contributed by atoms with Crippen LogP contribution in [0.25, 0.3) is 21.7 Å². The summed E-state index contributed by atoms with van der Waals surface area (Å²) in [5.74, 6) is 3.04. The van der Waals surface area contributed by atoms with Gasteiger partial charge < -0.3 is 39.5 Å². The number of piperidine rings is 1. The van der Waals surface area contributed by atoms with E-state index in [1.165, 1.54) is 16.5 Å². The summed E-state index contributed by atoms with van der Waals surface area (Å²) in [7, 11) is 1.66. The lowest BCUT2D eigenvalue weighted by Crippen LogP contribution is -2.47. The molecule has 2 aliphatic heterocycles. The van der Waals surface area contributed by atoms with Gasteiger partial charge in [-0.1, -0.05) is 54.6 Å². The van der Waals surface area contributed by atoms with Crippen molar-refractivity contribution < 1.29 is 19.0 Å². The molecule has 11 nitrogen and oxygen atoms in total. The highest BCUT2D eigenvalue weighted by molar-refractivity contribution is 5.94. The minimum atomic E-state index is -0.507. The molecule has 0 bridgehead atoms. The van der Waals surface area contributed by atoms with Crippen LogP contribution in [0.4, 0.5) is 27.9 Å². The molecule has 0 unspecified atom stereocenters. The van der Waals surface area contributed by atoms with E-state index < -0.39 is 5.60 Å². The van der Waals surface area contributed by atoms with Gasteiger partial charge in [0, 0.05) is 80.6 Å². The molecular weight excluding hydrogens is 667 g/mol. The Balaban J connectivity index is 1.08. The molecule has 2 fully saturated rings. The maximum atomic E-state index is 12.6. The summed E-state index contributed by atoms with van der Waals surface area (Å²) in [6.07, 6.45) is 1.44. The SMILES string of the molecule is COc1cc2c(NCCNc3cccc4ccccc34)nc(N3CCN(c4ccccc4)CC3)nc2cc1OCC1CCN(C(=O)OC(C)(C)C)CC1. The van der Waals surface area contributed by atoms with Crippen molar-refractivity contribution in [3.63, 3.8) is 0 Å². The molecule has 2 saturated heterocycles.